The molecule has 2 fully saturated rings. The largest absolute Gasteiger partial charge is 0.458 e. The van der Waals surface area contributed by atoms with Gasteiger partial charge in [-0.05, 0) is 39.5 Å². The van der Waals surface area contributed by atoms with Crippen LogP contribution in [0.15, 0.2) is 10.6 Å². The van der Waals surface area contributed by atoms with Gasteiger partial charge in [-0.15, -0.1) is 0 Å². The lowest BCUT2D eigenvalue weighted by Crippen LogP contribution is -2.46. The Morgan fingerprint density at radius 2 is 1.80 bits per heavy atom. The third kappa shape index (κ3) is 6.54. The molecule has 10 heteroatoms. The number of aliphatic hydroxyl groups excluding tert-OH is 1. The Hall–Kier alpha value is -2.17. The highest BCUT2D eigenvalue weighted by molar-refractivity contribution is 5.89. The minimum Gasteiger partial charge on any atom is -0.458 e. The molecule has 0 spiro atoms. The molecule has 2 aliphatic rings. The number of rotatable bonds is 8. The maximum absolute atomic E-state index is 13.7. The normalized spacial score (nSPS) is 22.8. The zero-order chi connectivity index (χ0) is 25.9. The van der Waals surface area contributed by atoms with E-state index in [9.17, 15) is 14.7 Å². The maximum atomic E-state index is 13.7. The lowest BCUT2D eigenvalue weighted by molar-refractivity contribution is -0.163. The number of carbonyl (C=O) groups excluding carboxylic acids is 2. The first kappa shape index (κ1) is 27.4. The molecule has 2 saturated heterocycles. The Bertz CT molecular complexity index is 853. The average Bonchev–Trinajstić information content (AvgIpc) is 3.41. The highest BCUT2D eigenvalue weighted by Crippen LogP contribution is 2.34. The molecular weight excluding hydrogens is 454 g/mol. The zero-order valence-electron chi connectivity index (χ0n) is 22.0. The predicted molar refractivity (Wildman–Crippen MR) is 129 cm³/mol. The number of nitrogens with zero attached hydrogens (tertiary/aromatic N) is 3. The van der Waals surface area contributed by atoms with Gasteiger partial charge in [0.2, 0.25) is 5.91 Å². The topological polar surface area (TPSA) is 115 Å². The van der Waals surface area contributed by atoms with Gasteiger partial charge in [-0.1, -0.05) is 19.0 Å². The van der Waals surface area contributed by atoms with E-state index in [-0.39, 0.29) is 31.1 Å². The highest BCUT2D eigenvalue weighted by atomic mass is 16.7. The summed E-state index contributed by atoms with van der Waals surface area (Å²) in [5, 5.41) is 14.5. The molecule has 3 atom stereocenters. The number of hydrogen-bond acceptors (Lipinski definition) is 9. The number of anilines is 1. The van der Waals surface area contributed by atoms with Crippen LogP contribution in [0.5, 0.6) is 0 Å². The summed E-state index contributed by atoms with van der Waals surface area (Å²) in [6, 6.07) is 0.996. The molecule has 0 saturated carbocycles. The van der Waals surface area contributed by atoms with E-state index in [0.29, 0.717) is 17.5 Å². The first-order valence-electron chi connectivity index (χ1n) is 12.4. The number of methoxy groups -OCH3 is 2. The number of likely N-dealkylation sites (tertiary alicyclic amines) is 1. The van der Waals surface area contributed by atoms with Gasteiger partial charge in [0.25, 0.3) is 0 Å². The van der Waals surface area contributed by atoms with Gasteiger partial charge in [-0.25, -0.2) is 4.79 Å². The van der Waals surface area contributed by atoms with Gasteiger partial charge in [0, 0.05) is 52.3 Å². The van der Waals surface area contributed by atoms with E-state index in [2.05, 4.69) is 10.1 Å². The van der Waals surface area contributed by atoms with Crippen LogP contribution in [-0.4, -0.2) is 84.9 Å². The molecule has 198 valence electrons. The summed E-state index contributed by atoms with van der Waals surface area (Å²) in [6.45, 7) is 10.8. The molecule has 0 aromatic carbocycles. The Labute approximate surface area is 207 Å². The molecule has 1 amide bonds. The molecule has 2 unspecified atom stereocenters. The second-order valence-electron chi connectivity index (χ2n) is 10.9. The van der Waals surface area contributed by atoms with Crippen molar-refractivity contribution in [1.29, 1.82) is 0 Å². The molecule has 3 rings (SSSR count). The summed E-state index contributed by atoms with van der Waals surface area (Å²) in [4.78, 5) is 30.0. The smallest absolute Gasteiger partial charge is 0.329 e. The molecule has 35 heavy (non-hydrogen) atoms. The van der Waals surface area contributed by atoms with Crippen LogP contribution >= 0.6 is 0 Å². The van der Waals surface area contributed by atoms with Gasteiger partial charge >= 0.3 is 5.97 Å². The molecule has 0 aliphatic carbocycles. The van der Waals surface area contributed by atoms with Gasteiger partial charge in [0.05, 0.1) is 6.10 Å². The number of aliphatic hydroxyl groups is 1. The van der Waals surface area contributed by atoms with Crippen molar-refractivity contribution in [2.75, 3.05) is 38.8 Å². The SMILES string of the molecule is COC(OC)C1CCN(c2cc([C@H](C(=O)N3CC(O)CC3C(=O)OC(C)(C)C)C(C)C)on2)CC1. The lowest BCUT2D eigenvalue weighted by atomic mass is 9.91. The van der Waals surface area contributed by atoms with Crippen molar-refractivity contribution in [3.8, 4) is 0 Å². The molecule has 3 heterocycles. The molecule has 2 aliphatic heterocycles. The van der Waals surface area contributed by atoms with E-state index < -0.39 is 29.6 Å². The zero-order valence-corrected chi connectivity index (χ0v) is 22.0. The molecule has 0 radical (unpaired) electrons. The lowest BCUT2D eigenvalue weighted by Gasteiger charge is -2.34. The van der Waals surface area contributed by atoms with E-state index in [1.54, 1.807) is 35.0 Å². The van der Waals surface area contributed by atoms with E-state index in [4.69, 9.17) is 18.7 Å². The number of amides is 1. The summed E-state index contributed by atoms with van der Waals surface area (Å²) in [6.07, 6.45) is 0.946. The molecule has 1 aromatic heterocycles. The second-order valence-corrected chi connectivity index (χ2v) is 10.9. The summed E-state index contributed by atoms with van der Waals surface area (Å²) in [5.41, 5.74) is -0.684. The number of hydrogen-bond donors (Lipinski definition) is 1. The van der Waals surface area contributed by atoms with Crippen molar-refractivity contribution in [2.45, 2.75) is 83.8 Å². The number of esters is 1. The molecule has 0 bridgehead atoms. The molecule has 1 N–H and O–H groups in total. The fourth-order valence-electron chi connectivity index (χ4n) is 5.02. The number of ether oxygens (including phenoxy) is 3. The van der Waals surface area contributed by atoms with Crippen LogP contribution < -0.4 is 4.90 Å². The number of aromatic nitrogens is 1. The van der Waals surface area contributed by atoms with Crippen molar-refractivity contribution < 1.29 is 33.4 Å². The van der Waals surface area contributed by atoms with Crippen molar-refractivity contribution in [1.82, 2.24) is 10.1 Å². The highest BCUT2D eigenvalue weighted by Gasteiger charge is 2.45. The summed E-state index contributed by atoms with van der Waals surface area (Å²) < 4.78 is 22.0. The van der Waals surface area contributed by atoms with Crippen LogP contribution in [0.25, 0.3) is 0 Å². The van der Waals surface area contributed by atoms with Crippen LogP contribution in [0.2, 0.25) is 0 Å². The third-order valence-electron chi connectivity index (χ3n) is 6.71. The third-order valence-corrected chi connectivity index (χ3v) is 6.71. The van der Waals surface area contributed by atoms with Gasteiger partial charge in [-0.3, -0.25) is 4.79 Å². The van der Waals surface area contributed by atoms with Gasteiger partial charge in [0.15, 0.2) is 17.9 Å². The minimum atomic E-state index is -0.825. The average molecular weight is 496 g/mol. The first-order valence-corrected chi connectivity index (χ1v) is 12.4. The summed E-state index contributed by atoms with van der Waals surface area (Å²) >= 11 is 0. The monoisotopic (exact) mass is 495 g/mol. The van der Waals surface area contributed by atoms with E-state index >= 15 is 0 Å². The first-order chi connectivity index (χ1) is 16.4. The van der Waals surface area contributed by atoms with Crippen LogP contribution in [0, 0.1) is 11.8 Å². The summed E-state index contributed by atoms with van der Waals surface area (Å²) in [5.74, 6) is -0.0468. The Morgan fingerprint density at radius 3 is 2.34 bits per heavy atom. The standard InChI is InChI=1S/C25H41N3O7/c1-15(2)21(22(30)28-14-17(29)12-18(28)23(31)34-25(3,4)5)19-13-20(26-35-19)27-10-8-16(9-11-27)24(32-6)33-7/h13,15-18,21,24,29H,8-12,14H2,1-7H3/t17?,18?,21-/m1/s1. The van der Waals surface area contributed by atoms with Gasteiger partial charge in [-0.2, -0.15) is 0 Å². The Kier molecular flexibility index (Phi) is 8.82. The van der Waals surface area contributed by atoms with Crippen LogP contribution in [-0.2, 0) is 23.8 Å². The van der Waals surface area contributed by atoms with Gasteiger partial charge in [0.1, 0.15) is 17.6 Å². The van der Waals surface area contributed by atoms with E-state index in [0.717, 1.165) is 25.9 Å². The number of piperidine rings is 1. The van der Waals surface area contributed by atoms with Crippen molar-refractivity contribution in [2.24, 2.45) is 11.8 Å². The minimum absolute atomic E-state index is 0.0840. The summed E-state index contributed by atoms with van der Waals surface area (Å²) in [7, 11) is 3.31. The van der Waals surface area contributed by atoms with E-state index in [1.807, 2.05) is 19.9 Å². The van der Waals surface area contributed by atoms with E-state index in [1.165, 1.54) is 4.90 Å². The predicted octanol–water partition coefficient (Wildman–Crippen LogP) is 2.55. The second kappa shape index (κ2) is 11.3. The van der Waals surface area contributed by atoms with Crippen molar-refractivity contribution in [3.05, 3.63) is 11.8 Å². The fraction of sp³-hybridized carbons (Fsp3) is 0.800. The fourth-order valence-corrected chi connectivity index (χ4v) is 5.02. The van der Waals surface area contributed by atoms with Crippen molar-refractivity contribution in [3.63, 3.8) is 0 Å². The van der Waals surface area contributed by atoms with Crippen LogP contribution in [0.4, 0.5) is 5.82 Å². The number of β-amino-alcohol motifs (C(OH)–C–C–N with tert-alkyl or cyclic N) is 1. The maximum Gasteiger partial charge on any atom is 0.329 e. The van der Waals surface area contributed by atoms with Crippen LogP contribution in [0.1, 0.15) is 65.6 Å². The van der Waals surface area contributed by atoms with Crippen LogP contribution in [0.3, 0.4) is 0 Å². The quantitative estimate of drug-likeness (QED) is 0.429. The number of carbonyl (C=O) groups is 2. The van der Waals surface area contributed by atoms with Crippen molar-refractivity contribution >= 4 is 17.7 Å². The Balaban J connectivity index is 1.73. The molecular formula is C25H41N3O7. The van der Waals surface area contributed by atoms with Gasteiger partial charge < -0.3 is 33.6 Å². The molecule has 10 nitrogen and oxygen atoms in total. The Morgan fingerprint density at radius 1 is 1.17 bits per heavy atom. The molecule has 1 aromatic rings.